The predicted molar refractivity (Wildman–Crippen MR) is 79.5 cm³/mol. The fraction of sp³-hybridized carbons (Fsp3) is 0.214. The lowest BCUT2D eigenvalue weighted by Crippen LogP contribution is -2.39. The van der Waals surface area contributed by atoms with Gasteiger partial charge in [-0.15, -0.1) is 0 Å². The highest BCUT2D eigenvalue weighted by molar-refractivity contribution is 9.10. The first kappa shape index (κ1) is 16.8. The van der Waals surface area contributed by atoms with E-state index in [0.29, 0.717) is 6.92 Å². The van der Waals surface area contributed by atoms with E-state index in [4.69, 9.17) is 0 Å². The van der Waals surface area contributed by atoms with Crippen LogP contribution in [0.3, 0.4) is 0 Å². The van der Waals surface area contributed by atoms with Crippen molar-refractivity contribution in [3.8, 4) is 11.4 Å². The molecule has 10 heteroatoms. The van der Waals surface area contributed by atoms with Crippen molar-refractivity contribution in [2.45, 2.75) is 18.7 Å². The van der Waals surface area contributed by atoms with Gasteiger partial charge in [0.1, 0.15) is 11.3 Å². The normalized spacial score (nSPS) is 14.8. The molecule has 5 nitrogen and oxygen atoms in total. The first-order chi connectivity index (χ1) is 11.1. The Morgan fingerprint density at radius 2 is 1.88 bits per heavy atom. The average molecular weight is 405 g/mol. The van der Waals surface area contributed by atoms with Crippen molar-refractivity contribution in [2.24, 2.45) is 0 Å². The first-order valence-corrected chi connectivity index (χ1v) is 7.35. The van der Waals surface area contributed by atoms with Crippen molar-refractivity contribution in [1.82, 2.24) is 19.4 Å². The Bertz CT molecular complexity index is 923. The van der Waals surface area contributed by atoms with Crippen molar-refractivity contribution in [2.75, 3.05) is 0 Å². The maximum atomic E-state index is 14.0. The molecule has 0 saturated carbocycles. The third-order valence-corrected chi connectivity index (χ3v) is 3.96. The van der Waals surface area contributed by atoms with E-state index >= 15 is 0 Å². The summed E-state index contributed by atoms with van der Waals surface area (Å²) < 4.78 is 54.4. The van der Waals surface area contributed by atoms with Gasteiger partial charge in [0.05, 0.1) is 18.1 Å². The summed E-state index contributed by atoms with van der Waals surface area (Å²) in [6.07, 6.45) is -1.61. The van der Waals surface area contributed by atoms with Crippen LogP contribution in [0.5, 0.6) is 0 Å². The van der Waals surface area contributed by atoms with Crippen LogP contribution in [-0.2, 0) is 5.60 Å². The van der Waals surface area contributed by atoms with E-state index < -0.39 is 23.2 Å². The minimum absolute atomic E-state index is 0.118. The highest BCUT2D eigenvalue weighted by Gasteiger charge is 2.51. The molecule has 0 bridgehead atoms. The maximum Gasteiger partial charge on any atom is 0.421 e. The number of rotatable bonds is 2. The molecule has 3 heterocycles. The van der Waals surface area contributed by atoms with Crippen LogP contribution >= 0.6 is 15.9 Å². The zero-order valence-corrected chi connectivity index (χ0v) is 13.6. The van der Waals surface area contributed by atoms with Crippen molar-refractivity contribution in [3.05, 3.63) is 46.8 Å². The smallest absolute Gasteiger partial charge is 0.376 e. The summed E-state index contributed by atoms with van der Waals surface area (Å²) in [6.45, 7) is 0.645. The van der Waals surface area contributed by atoms with Gasteiger partial charge in [-0.05, 0) is 28.9 Å². The summed E-state index contributed by atoms with van der Waals surface area (Å²) in [5, 5.41) is 9.81. The number of pyridine rings is 1. The first-order valence-electron chi connectivity index (χ1n) is 6.56. The van der Waals surface area contributed by atoms with Gasteiger partial charge in [0.15, 0.2) is 16.2 Å². The van der Waals surface area contributed by atoms with Gasteiger partial charge in [0, 0.05) is 11.8 Å². The Hall–Kier alpha value is -2.07. The number of hydrogen-bond donors (Lipinski definition) is 1. The molecule has 0 amide bonds. The zero-order valence-electron chi connectivity index (χ0n) is 12.0. The molecule has 3 aromatic rings. The van der Waals surface area contributed by atoms with Crippen molar-refractivity contribution >= 4 is 21.6 Å². The fourth-order valence-corrected chi connectivity index (χ4v) is 2.41. The highest BCUT2D eigenvalue weighted by Crippen LogP contribution is 2.38. The molecule has 126 valence electrons. The summed E-state index contributed by atoms with van der Waals surface area (Å²) in [7, 11) is 0. The second-order valence-electron chi connectivity index (χ2n) is 5.19. The van der Waals surface area contributed by atoms with Crippen molar-refractivity contribution in [3.63, 3.8) is 0 Å². The number of aliphatic hydroxyl groups is 1. The van der Waals surface area contributed by atoms with Crippen LogP contribution in [0.1, 0.15) is 12.5 Å². The van der Waals surface area contributed by atoms with E-state index in [2.05, 4.69) is 30.9 Å². The Kier molecular flexibility index (Phi) is 3.83. The summed E-state index contributed by atoms with van der Waals surface area (Å²) in [5.41, 5.74) is -3.19. The summed E-state index contributed by atoms with van der Waals surface area (Å²) in [4.78, 5) is 11.5. The number of nitrogens with zero attached hydrogens (tertiary/aromatic N) is 4. The third kappa shape index (κ3) is 2.65. The van der Waals surface area contributed by atoms with E-state index in [0.717, 1.165) is 18.5 Å². The van der Waals surface area contributed by atoms with Crippen LogP contribution in [0.2, 0.25) is 0 Å². The number of fused-ring (bicyclic) bond motifs is 1. The van der Waals surface area contributed by atoms with Crippen LogP contribution in [0.15, 0.2) is 35.5 Å². The molecular weight excluding hydrogens is 396 g/mol. The lowest BCUT2D eigenvalue weighted by atomic mass is 9.97. The number of aromatic nitrogens is 4. The predicted octanol–water partition coefficient (Wildman–Crippen LogP) is 3.46. The van der Waals surface area contributed by atoms with Gasteiger partial charge in [-0.25, -0.2) is 19.3 Å². The minimum Gasteiger partial charge on any atom is -0.376 e. The molecule has 1 N–H and O–H groups in total. The number of imidazole rings is 1. The van der Waals surface area contributed by atoms with Crippen LogP contribution in [0.4, 0.5) is 17.6 Å². The van der Waals surface area contributed by atoms with Gasteiger partial charge in [-0.3, -0.25) is 4.40 Å². The summed E-state index contributed by atoms with van der Waals surface area (Å²) >= 11 is 3.01. The van der Waals surface area contributed by atoms with E-state index in [1.807, 2.05) is 0 Å². The molecule has 0 aromatic carbocycles. The molecule has 0 aliphatic heterocycles. The third-order valence-electron chi connectivity index (χ3n) is 3.58. The van der Waals surface area contributed by atoms with Gasteiger partial charge in [-0.2, -0.15) is 13.2 Å². The molecule has 24 heavy (non-hydrogen) atoms. The molecule has 1 unspecified atom stereocenters. The fourth-order valence-electron chi connectivity index (χ4n) is 2.13. The van der Waals surface area contributed by atoms with Crippen LogP contribution < -0.4 is 0 Å². The second-order valence-corrected chi connectivity index (χ2v) is 5.90. The monoisotopic (exact) mass is 404 g/mol. The Morgan fingerprint density at radius 3 is 2.54 bits per heavy atom. The molecule has 0 radical (unpaired) electrons. The average Bonchev–Trinajstić information content (AvgIpc) is 2.91. The highest BCUT2D eigenvalue weighted by atomic mass is 79.9. The Morgan fingerprint density at radius 1 is 1.17 bits per heavy atom. The SMILES string of the molecule is CC(O)(c1ccc2ncc(-c3nc(Br)ncc3F)n2c1)C(F)(F)F. The lowest BCUT2D eigenvalue weighted by Gasteiger charge is -2.26. The standard InChI is InChI=1S/C14H9BrF4N4O/c1-13(24,14(17,18)19)7-2-3-10-20-5-9(23(10)6-7)11-8(16)4-21-12(15)22-11/h2-6,24H,1H3. The second kappa shape index (κ2) is 5.49. The van der Waals surface area contributed by atoms with Crippen molar-refractivity contribution < 1.29 is 22.7 Å². The van der Waals surface area contributed by atoms with Gasteiger partial charge in [-0.1, -0.05) is 6.07 Å². The van der Waals surface area contributed by atoms with Crippen molar-refractivity contribution in [1.29, 1.82) is 0 Å². The van der Waals surface area contributed by atoms with Crippen LogP contribution in [0, 0.1) is 5.82 Å². The molecular formula is C14H9BrF4N4O. The molecule has 0 spiro atoms. The van der Waals surface area contributed by atoms with Gasteiger partial charge >= 0.3 is 6.18 Å². The molecule has 0 aliphatic rings. The van der Waals surface area contributed by atoms with E-state index in [1.165, 1.54) is 16.7 Å². The quantitative estimate of drug-likeness (QED) is 0.524. The van der Waals surface area contributed by atoms with Crippen LogP contribution in [0.25, 0.3) is 17.0 Å². The molecule has 0 saturated heterocycles. The summed E-state index contributed by atoms with van der Waals surface area (Å²) in [6, 6.07) is 2.42. The number of hydrogen-bond acceptors (Lipinski definition) is 4. The summed E-state index contributed by atoms with van der Waals surface area (Å²) in [5.74, 6) is -0.756. The van der Waals surface area contributed by atoms with Gasteiger partial charge in [0.25, 0.3) is 0 Å². The Labute approximate surface area is 141 Å². The van der Waals surface area contributed by atoms with E-state index in [-0.39, 0.29) is 21.8 Å². The zero-order chi connectivity index (χ0) is 17.7. The van der Waals surface area contributed by atoms with Gasteiger partial charge < -0.3 is 5.11 Å². The molecule has 0 aliphatic carbocycles. The Balaban J connectivity index is 2.22. The minimum atomic E-state index is -4.87. The lowest BCUT2D eigenvalue weighted by molar-refractivity contribution is -0.259. The molecule has 3 rings (SSSR count). The number of halogens is 5. The van der Waals surface area contributed by atoms with Crippen LogP contribution in [-0.4, -0.2) is 30.6 Å². The van der Waals surface area contributed by atoms with E-state index in [9.17, 15) is 22.7 Å². The molecule has 0 fully saturated rings. The largest absolute Gasteiger partial charge is 0.421 e. The number of alkyl halides is 3. The van der Waals surface area contributed by atoms with Gasteiger partial charge in [0.2, 0.25) is 0 Å². The topological polar surface area (TPSA) is 63.3 Å². The molecule has 3 aromatic heterocycles. The molecule has 1 atom stereocenters. The maximum absolute atomic E-state index is 14.0. The van der Waals surface area contributed by atoms with E-state index in [1.54, 1.807) is 0 Å².